The van der Waals surface area contributed by atoms with Crippen molar-refractivity contribution in [3.05, 3.63) is 63.6 Å². The summed E-state index contributed by atoms with van der Waals surface area (Å²) in [5.41, 5.74) is -3.44. The standard InChI is InChI=1S/C23H16Cl2N4O3/c1-21-18(13-6-8-14(30-2)9-7-13)23(12-28,20(29)32-21)22(10-26,11-27)19(31-21)17-15(24)4-3-5-16(17)25/h3-9,18-19,29H,1-2H3. The minimum absolute atomic E-state index is 0.169. The largest absolute Gasteiger partial charge is 0.497 e. The number of halogens is 2. The van der Waals surface area contributed by atoms with Crippen LogP contribution < -0.4 is 4.74 Å². The minimum Gasteiger partial charge on any atom is -0.497 e. The SMILES string of the molecule is COc1ccc(C2C3(C)OC(=N)C2(C#N)C(C#N)(C#N)C(c2c(Cl)cccc2Cl)O3)cc1. The van der Waals surface area contributed by atoms with Gasteiger partial charge in [0.1, 0.15) is 11.9 Å². The van der Waals surface area contributed by atoms with Gasteiger partial charge in [-0.2, -0.15) is 15.8 Å². The van der Waals surface area contributed by atoms with Crippen LogP contribution in [0.4, 0.5) is 0 Å². The zero-order valence-corrected chi connectivity index (χ0v) is 18.5. The van der Waals surface area contributed by atoms with E-state index in [1.165, 1.54) is 7.11 Å². The number of nitrogens with zero attached hydrogens (tertiary/aromatic N) is 3. The monoisotopic (exact) mass is 466 g/mol. The highest BCUT2D eigenvalue weighted by atomic mass is 35.5. The third-order valence-electron chi connectivity index (χ3n) is 6.23. The van der Waals surface area contributed by atoms with Crippen molar-refractivity contribution in [1.82, 2.24) is 0 Å². The van der Waals surface area contributed by atoms with E-state index in [1.54, 1.807) is 49.4 Å². The number of benzene rings is 2. The van der Waals surface area contributed by atoms with Gasteiger partial charge in [0.15, 0.2) is 5.41 Å². The van der Waals surface area contributed by atoms with Crippen LogP contribution in [-0.2, 0) is 9.47 Å². The van der Waals surface area contributed by atoms with Gasteiger partial charge in [-0.25, -0.2) is 0 Å². The van der Waals surface area contributed by atoms with Crippen molar-refractivity contribution < 1.29 is 14.2 Å². The van der Waals surface area contributed by atoms with E-state index in [0.29, 0.717) is 11.3 Å². The van der Waals surface area contributed by atoms with Crippen LogP contribution in [0.2, 0.25) is 10.0 Å². The number of ether oxygens (including phenoxy) is 3. The fraction of sp³-hybridized carbons (Fsp3) is 0.304. The zero-order valence-electron chi connectivity index (χ0n) is 17.0. The molecule has 2 aliphatic rings. The highest BCUT2D eigenvalue weighted by molar-refractivity contribution is 6.36. The quantitative estimate of drug-likeness (QED) is 0.668. The number of nitrogens with one attached hydrogen (secondary N) is 1. The molecule has 2 aromatic rings. The molecule has 4 rings (SSSR count). The fourth-order valence-corrected chi connectivity index (χ4v) is 5.40. The lowest BCUT2D eigenvalue weighted by Gasteiger charge is -2.49. The molecule has 160 valence electrons. The van der Waals surface area contributed by atoms with Crippen LogP contribution in [0, 0.1) is 50.2 Å². The molecule has 1 N–H and O–H groups in total. The topological polar surface area (TPSA) is 123 Å². The Morgan fingerprint density at radius 3 is 2.09 bits per heavy atom. The summed E-state index contributed by atoms with van der Waals surface area (Å²) in [6.07, 6.45) is -1.35. The third kappa shape index (κ3) is 2.58. The molecule has 4 atom stereocenters. The first kappa shape index (κ1) is 21.9. The summed E-state index contributed by atoms with van der Waals surface area (Å²) in [7, 11) is 1.52. The van der Waals surface area contributed by atoms with E-state index < -0.39 is 34.5 Å². The van der Waals surface area contributed by atoms with Crippen LogP contribution in [0.25, 0.3) is 0 Å². The van der Waals surface area contributed by atoms with Gasteiger partial charge in [-0.1, -0.05) is 41.4 Å². The molecule has 7 nitrogen and oxygen atoms in total. The van der Waals surface area contributed by atoms with E-state index in [1.807, 2.05) is 12.1 Å². The zero-order chi connectivity index (χ0) is 23.3. The summed E-state index contributed by atoms with van der Waals surface area (Å²) in [5.74, 6) is -2.45. The Morgan fingerprint density at radius 1 is 1.00 bits per heavy atom. The molecule has 2 heterocycles. The first-order chi connectivity index (χ1) is 15.2. The Hall–Kier alpha value is -3.28. The van der Waals surface area contributed by atoms with E-state index in [-0.39, 0.29) is 15.6 Å². The average Bonchev–Trinajstić information content (AvgIpc) is 2.97. The first-order valence-electron chi connectivity index (χ1n) is 9.52. The molecule has 32 heavy (non-hydrogen) atoms. The molecule has 0 aliphatic carbocycles. The Bertz CT molecular complexity index is 1210. The normalized spacial score (nSPS) is 29.8. The maximum atomic E-state index is 10.5. The first-order valence-corrected chi connectivity index (χ1v) is 10.3. The molecular formula is C23H16Cl2N4O3. The predicted molar refractivity (Wildman–Crippen MR) is 115 cm³/mol. The van der Waals surface area contributed by atoms with Crippen molar-refractivity contribution in [1.29, 1.82) is 21.2 Å². The smallest absolute Gasteiger partial charge is 0.218 e. The Balaban J connectivity index is 2.04. The van der Waals surface area contributed by atoms with E-state index in [0.717, 1.165) is 0 Å². The lowest BCUT2D eigenvalue weighted by Crippen LogP contribution is -2.57. The summed E-state index contributed by atoms with van der Waals surface area (Å²) in [6.45, 7) is 1.58. The number of fused-ring (bicyclic) bond motifs is 2. The Morgan fingerprint density at radius 2 is 1.59 bits per heavy atom. The van der Waals surface area contributed by atoms with E-state index in [2.05, 4.69) is 6.07 Å². The molecule has 0 saturated carbocycles. The molecule has 0 aromatic heterocycles. The van der Waals surface area contributed by atoms with Crippen LogP contribution in [0.5, 0.6) is 5.75 Å². The second-order valence-corrected chi connectivity index (χ2v) is 8.55. The van der Waals surface area contributed by atoms with Crippen molar-refractivity contribution in [2.75, 3.05) is 7.11 Å². The van der Waals surface area contributed by atoms with Gasteiger partial charge in [-0.15, -0.1) is 0 Å². The number of rotatable bonds is 3. The van der Waals surface area contributed by atoms with E-state index >= 15 is 0 Å². The molecule has 2 bridgehead atoms. The maximum Gasteiger partial charge on any atom is 0.218 e. The van der Waals surface area contributed by atoms with Gasteiger partial charge in [-0.3, -0.25) is 5.41 Å². The van der Waals surface area contributed by atoms with Crippen LogP contribution >= 0.6 is 23.2 Å². The molecule has 2 aromatic carbocycles. The molecule has 4 unspecified atom stereocenters. The van der Waals surface area contributed by atoms with Gasteiger partial charge >= 0.3 is 0 Å². The van der Waals surface area contributed by atoms with Crippen LogP contribution in [0.15, 0.2) is 42.5 Å². The molecule has 0 spiro atoms. The van der Waals surface area contributed by atoms with Gasteiger partial charge in [0, 0.05) is 22.5 Å². The van der Waals surface area contributed by atoms with Crippen molar-refractivity contribution in [2.45, 2.75) is 24.7 Å². The van der Waals surface area contributed by atoms with Crippen molar-refractivity contribution in [3.63, 3.8) is 0 Å². The van der Waals surface area contributed by atoms with Crippen molar-refractivity contribution >= 4 is 29.1 Å². The number of nitriles is 3. The Labute approximate surface area is 194 Å². The maximum absolute atomic E-state index is 10.5. The van der Waals surface area contributed by atoms with Crippen LogP contribution in [-0.4, -0.2) is 18.8 Å². The molecule has 0 amide bonds. The van der Waals surface area contributed by atoms with Crippen LogP contribution in [0.1, 0.15) is 30.1 Å². The number of hydrogen-bond acceptors (Lipinski definition) is 7. The summed E-state index contributed by atoms with van der Waals surface area (Å²) < 4.78 is 17.3. The number of hydrogen-bond donors (Lipinski definition) is 1. The minimum atomic E-state index is -2.19. The van der Waals surface area contributed by atoms with E-state index in [9.17, 15) is 15.8 Å². The predicted octanol–water partition coefficient (Wildman–Crippen LogP) is 5.12. The van der Waals surface area contributed by atoms with Gasteiger partial charge < -0.3 is 14.2 Å². The second-order valence-electron chi connectivity index (χ2n) is 7.74. The summed E-state index contributed by atoms with van der Waals surface area (Å²) in [4.78, 5) is 0. The van der Waals surface area contributed by atoms with Gasteiger partial charge in [-0.05, 0) is 29.8 Å². The van der Waals surface area contributed by atoms with Crippen molar-refractivity contribution in [2.24, 2.45) is 10.8 Å². The summed E-state index contributed by atoms with van der Waals surface area (Å²) in [6, 6.07) is 17.6. The summed E-state index contributed by atoms with van der Waals surface area (Å²) in [5, 5.41) is 40.1. The third-order valence-corrected chi connectivity index (χ3v) is 6.89. The molecule has 9 heteroatoms. The number of methoxy groups -OCH3 is 1. The van der Waals surface area contributed by atoms with Crippen molar-refractivity contribution in [3.8, 4) is 24.0 Å². The molecule has 2 aliphatic heterocycles. The fourth-order valence-electron chi connectivity index (χ4n) is 4.80. The highest BCUT2D eigenvalue weighted by Crippen LogP contribution is 2.70. The van der Waals surface area contributed by atoms with Gasteiger partial charge in [0.2, 0.25) is 17.1 Å². The van der Waals surface area contributed by atoms with Crippen LogP contribution in [0.3, 0.4) is 0 Å². The second kappa shape index (κ2) is 7.40. The summed E-state index contributed by atoms with van der Waals surface area (Å²) >= 11 is 12.8. The van der Waals surface area contributed by atoms with E-state index in [4.69, 9.17) is 42.8 Å². The lowest BCUT2D eigenvalue weighted by molar-refractivity contribution is -0.253. The molecule has 0 radical (unpaired) electrons. The van der Waals surface area contributed by atoms with Gasteiger partial charge in [0.05, 0.1) is 31.2 Å². The van der Waals surface area contributed by atoms with Gasteiger partial charge in [0.25, 0.3) is 0 Å². The highest BCUT2D eigenvalue weighted by Gasteiger charge is 2.80. The lowest BCUT2D eigenvalue weighted by atomic mass is 9.52. The molecular weight excluding hydrogens is 451 g/mol. The molecule has 2 saturated heterocycles. The average molecular weight is 467 g/mol. The molecule has 2 fully saturated rings. The Kier molecular flexibility index (Phi) is 5.07.